The van der Waals surface area contributed by atoms with E-state index in [9.17, 15) is 22.0 Å². The van der Waals surface area contributed by atoms with Crippen molar-refractivity contribution in [1.82, 2.24) is 0 Å². The standard InChI is InChI=1S/C27H43F5O3/c1-5-9-10-11-12-14-17-20(27(33-6-2,34-7-3)35-8-4)18-15-13-16-19-21-22(28)24(30)26(32)25(31)23(21)29/h20H,5-19H2,1-4H3. The van der Waals surface area contributed by atoms with Crippen molar-refractivity contribution in [3.8, 4) is 0 Å². The van der Waals surface area contributed by atoms with E-state index in [0.29, 0.717) is 45.5 Å². The molecular formula is C27H43F5O3. The largest absolute Gasteiger partial charge is 0.328 e. The lowest BCUT2D eigenvalue weighted by Gasteiger charge is -2.39. The van der Waals surface area contributed by atoms with Crippen LogP contribution in [0.2, 0.25) is 0 Å². The first kappa shape index (κ1) is 31.8. The van der Waals surface area contributed by atoms with Crippen LogP contribution in [0.4, 0.5) is 22.0 Å². The summed E-state index contributed by atoms with van der Waals surface area (Å²) in [7, 11) is 0. The molecule has 0 aliphatic heterocycles. The summed E-state index contributed by atoms with van der Waals surface area (Å²) >= 11 is 0. The Morgan fingerprint density at radius 3 is 1.40 bits per heavy atom. The van der Waals surface area contributed by atoms with Crippen molar-refractivity contribution in [2.75, 3.05) is 19.8 Å². The summed E-state index contributed by atoms with van der Waals surface area (Å²) in [4.78, 5) is 0. The van der Waals surface area contributed by atoms with Gasteiger partial charge in [-0.15, -0.1) is 0 Å². The first-order chi connectivity index (χ1) is 16.8. The second kappa shape index (κ2) is 17.2. The van der Waals surface area contributed by atoms with Gasteiger partial charge >= 0.3 is 0 Å². The maximum Gasteiger partial charge on any atom is 0.285 e. The third-order valence-corrected chi connectivity index (χ3v) is 6.22. The lowest BCUT2D eigenvalue weighted by Crippen LogP contribution is -2.46. The number of ether oxygens (including phenoxy) is 3. The Kier molecular flexibility index (Phi) is 15.7. The third-order valence-electron chi connectivity index (χ3n) is 6.22. The van der Waals surface area contributed by atoms with Crippen LogP contribution in [0.25, 0.3) is 0 Å². The monoisotopic (exact) mass is 510 g/mol. The maximum atomic E-state index is 13.9. The highest BCUT2D eigenvalue weighted by Gasteiger charge is 2.41. The topological polar surface area (TPSA) is 27.7 Å². The fraction of sp³-hybridized carbons (Fsp3) is 0.778. The Labute approximate surface area is 207 Å². The van der Waals surface area contributed by atoms with Crippen molar-refractivity contribution in [3.05, 3.63) is 34.6 Å². The fourth-order valence-electron chi connectivity index (χ4n) is 4.49. The van der Waals surface area contributed by atoms with Gasteiger partial charge in [0.15, 0.2) is 23.3 Å². The van der Waals surface area contributed by atoms with E-state index in [0.717, 1.165) is 19.3 Å². The van der Waals surface area contributed by atoms with Gasteiger partial charge in [-0.1, -0.05) is 58.3 Å². The zero-order valence-corrected chi connectivity index (χ0v) is 21.8. The highest BCUT2D eigenvalue weighted by Crippen LogP contribution is 2.35. The van der Waals surface area contributed by atoms with Crippen LogP contribution in [0, 0.1) is 35.0 Å². The SMILES string of the molecule is CCCCCCCCC(CCCCCc1c(F)c(F)c(F)c(F)c1F)C(OCC)(OCC)OCC. The van der Waals surface area contributed by atoms with Crippen LogP contribution in [-0.4, -0.2) is 25.8 Å². The van der Waals surface area contributed by atoms with E-state index in [1.165, 1.54) is 25.7 Å². The number of hydrogen-bond acceptors (Lipinski definition) is 3. The summed E-state index contributed by atoms with van der Waals surface area (Å²) in [6, 6.07) is 0. The van der Waals surface area contributed by atoms with E-state index in [-0.39, 0.29) is 12.3 Å². The van der Waals surface area contributed by atoms with Gasteiger partial charge in [-0.3, -0.25) is 0 Å². The van der Waals surface area contributed by atoms with Crippen molar-refractivity contribution in [3.63, 3.8) is 0 Å². The predicted octanol–water partition coefficient (Wildman–Crippen LogP) is 8.62. The molecule has 0 aliphatic carbocycles. The molecule has 0 saturated carbocycles. The Balaban J connectivity index is 2.79. The van der Waals surface area contributed by atoms with Crippen LogP contribution >= 0.6 is 0 Å². The van der Waals surface area contributed by atoms with E-state index < -0.39 is 40.6 Å². The molecule has 1 aromatic rings. The summed E-state index contributed by atoms with van der Waals surface area (Å²) in [6.45, 7) is 9.12. The summed E-state index contributed by atoms with van der Waals surface area (Å²) in [5, 5.41) is 0. The minimum Gasteiger partial charge on any atom is -0.328 e. The second-order valence-electron chi connectivity index (χ2n) is 8.80. The van der Waals surface area contributed by atoms with Gasteiger partial charge in [0.25, 0.3) is 5.97 Å². The van der Waals surface area contributed by atoms with E-state index in [4.69, 9.17) is 14.2 Å². The van der Waals surface area contributed by atoms with Gasteiger partial charge in [-0.25, -0.2) is 22.0 Å². The molecule has 8 heteroatoms. The molecule has 0 N–H and O–H groups in total. The molecule has 0 spiro atoms. The summed E-state index contributed by atoms with van der Waals surface area (Å²) < 4.78 is 86.0. The number of rotatable bonds is 20. The molecule has 1 unspecified atom stereocenters. The smallest absolute Gasteiger partial charge is 0.285 e. The van der Waals surface area contributed by atoms with E-state index >= 15 is 0 Å². The summed E-state index contributed by atoms with van der Waals surface area (Å²) in [5.74, 6) is -10.6. The Hall–Kier alpha value is -1.25. The molecule has 1 aromatic carbocycles. The minimum absolute atomic E-state index is 0.0392. The molecule has 204 valence electrons. The van der Waals surface area contributed by atoms with Crippen molar-refractivity contribution in [2.24, 2.45) is 5.92 Å². The Morgan fingerprint density at radius 2 is 0.943 bits per heavy atom. The molecule has 0 heterocycles. The van der Waals surface area contributed by atoms with Gasteiger partial charge in [0, 0.05) is 31.3 Å². The first-order valence-corrected chi connectivity index (χ1v) is 13.2. The van der Waals surface area contributed by atoms with E-state index in [1.54, 1.807) is 0 Å². The normalized spacial score (nSPS) is 12.9. The molecule has 35 heavy (non-hydrogen) atoms. The van der Waals surface area contributed by atoms with Crippen molar-refractivity contribution < 1.29 is 36.2 Å². The van der Waals surface area contributed by atoms with Gasteiger partial charge in [0.05, 0.1) is 0 Å². The maximum absolute atomic E-state index is 13.9. The number of halogens is 5. The van der Waals surface area contributed by atoms with Gasteiger partial charge in [-0.05, 0) is 46.5 Å². The van der Waals surface area contributed by atoms with Crippen LogP contribution in [0.15, 0.2) is 0 Å². The zero-order chi connectivity index (χ0) is 26.3. The zero-order valence-electron chi connectivity index (χ0n) is 21.8. The fourth-order valence-corrected chi connectivity index (χ4v) is 4.49. The van der Waals surface area contributed by atoms with Crippen LogP contribution in [-0.2, 0) is 20.6 Å². The van der Waals surface area contributed by atoms with Crippen LogP contribution < -0.4 is 0 Å². The molecule has 0 saturated heterocycles. The van der Waals surface area contributed by atoms with Crippen molar-refractivity contribution >= 4 is 0 Å². The molecule has 0 radical (unpaired) electrons. The van der Waals surface area contributed by atoms with E-state index in [2.05, 4.69) is 6.92 Å². The molecule has 0 bridgehead atoms. The lowest BCUT2D eigenvalue weighted by molar-refractivity contribution is -0.403. The summed E-state index contributed by atoms with van der Waals surface area (Å²) in [5.41, 5.74) is -0.752. The van der Waals surface area contributed by atoms with Gasteiger partial charge in [-0.2, -0.15) is 0 Å². The first-order valence-electron chi connectivity index (χ1n) is 13.2. The average molecular weight is 511 g/mol. The molecule has 1 atom stereocenters. The molecular weight excluding hydrogens is 467 g/mol. The lowest BCUT2D eigenvalue weighted by atomic mass is 9.91. The van der Waals surface area contributed by atoms with Gasteiger partial charge in [0.1, 0.15) is 0 Å². The molecule has 3 nitrogen and oxygen atoms in total. The van der Waals surface area contributed by atoms with Crippen LogP contribution in [0.1, 0.15) is 104 Å². The summed E-state index contributed by atoms with van der Waals surface area (Å²) in [6.07, 6.45) is 9.80. The molecule has 0 aliphatic rings. The third kappa shape index (κ3) is 9.62. The quantitative estimate of drug-likeness (QED) is 0.0578. The predicted molar refractivity (Wildman–Crippen MR) is 127 cm³/mol. The molecule has 0 aromatic heterocycles. The highest BCUT2D eigenvalue weighted by molar-refractivity contribution is 5.24. The van der Waals surface area contributed by atoms with Gasteiger partial charge in [0.2, 0.25) is 5.82 Å². The average Bonchev–Trinajstić information content (AvgIpc) is 2.84. The number of hydrogen-bond donors (Lipinski definition) is 0. The second-order valence-corrected chi connectivity index (χ2v) is 8.80. The number of unbranched alkanes of at least 4 members (excludes halogenated alkanes) is 7. The van der Waals surface area contributed by atoms with Gasteiger partial charge < -0.3 is 14.2 Å². The Morgan fingerprint density at radius 1 is 0.543 bits per heavy atom. The van der Waals surface area contributed by atoms with Crippen molar-refractivity contribution in [1.29, 1.82) is 0 Å². The Bertz CT molecular complexity index is 683. The van der Waals surface area contributed by atoms with Crippen LogP contribution in [0.3, 0.4) is 0 Å². The van der Waals surface area contributed by atoms with E-state index in [1.807, 2.05) is 20.8 Å². The highest BCUT2D eigenvalue weighted by atomic mass is 19.2. The molecule has 0 fully saturated rings. The molecule has 1 rings (SSSR count). The van der Waals surface area contributed by atoms with Crippen molar-refractivity contribution in [2.45, 2.75) is 111 Å². The molecule has 0 amide bonds. The number of benzene rings is 1. The minimum atomic E-state index is -2.12. The van der Waals surface area contributed by atoms with Crippen LogP contribution in [0.5, 0.6) is 0 Å².